The Morgan fingerprint density at radius 2 is 1.78 bits per heavy atom. The Balaban J connectivity index is 1.67. The monoisotopic (exact) mass is 471 g/mol. The number of halogens is 3. The number of ether oxygens (including phenoxy) is 1. The normalized spacial score (nSPS) is 14.9. The molecule has 2 aromatic carbocycles. The van der Waals surface area contributed by atoms with Gasteiger partial charge in [-0.05, 0) is 59.4 Å². The third kappa shape index (κ3) is 5.51. The van der Waals surface area contributed by atoms with Crippen molar-refractivity contribution in [1.29, 1.82) is 0 Å². The van der Waals surface area contributed by atoms with Gasteiger partial charge >= 0.3 is 0 Å². The summed E-state index contributed by atoms with van der Waals surface area (Å²) in [5, 5.41) is 4.08. The number of nitrogens with one attached hydrogen (secondary N) is 1. The Bertz CT molecular complexity index is 827. The standard InChI is InChI=1S/C19H20BrCl2N3O2/c1-24-6-8-25(9-7-24)17-4-2-14(22)11-16(17)23-19(26)12-27-18-5-3-13(21)10-15(18)20/h2-5,10-11H,6-9,12H2,1H3,(H,23,26). The molecule has 0 aromatic heterocycles. The van der Waals surface area contributed by atoms with Crippen molar-refractivity contribution in [3.63, 3.8) is 0 Å². The summed E-state index contributed by atoms with van der Waals surface area (Å²) in [6, 6.07) is 10.7. The molecule has 0 unspecified atom stereocenters. The van der Waals surface area contributed by atoms with Crippen molar-refractivity contribution in [1.82, 2.24) is 4.90 Å². The average molecular weight is 473 g/mol. The van der Waals surface area contributed by atoms with E-state index in [1.165, 1.54) is 0 Å². The number of likely N-dealkylation sites (N-methyl/N-ethyl adjacent to an activating group) is 1. The smallest absolute Gasteiger partial charge is 0.262 e. The van der Waals surface area contributed by atoms with E-state index in [9.17, 15) is 4.79 Å². The lowest BCUT2D eigenvalue weighted by atomic mass is 10.2. The highest BCUT2D eigenvalue weighted by Crippen LogP contribution is 2.31. The molecular formula is C19H20BrCl2N3O2. The highest BCUT2D eigenvalue weighted by Gasteiger charge is 2.18. The van der Waals surface area contributed by atoms with Gasteiger partial charge in [0.1, 0.15) is 5.75 Å². The molecule has 1 N–H and O–H groups in total. The summed E-state index contributed by atoms with van der Waals surface area (Å²) in [5.74, 6) is 0.300. The number of hydrogen-bond donors (Lipinski definition) is 1. The maximum atomic E-state index is 12.4. The molecule has 0 bridgehead atoms. The Hall–Kier alpha value is -1.47. The van der Waals surface area contributed by atoms with Gasteiger partial charge in [-0.1, -0.05) is 23.2 Å². The Morgan fingerprint density at radius 1 is 1.11 bits per heavy atom. The number of benzene rings is 2. The first-order valence-corrected chi connectivity index (χ1v) is 10.1. The molecule has 0 radical (unpaired) electrons. The van der Waals surface area contributed by atoms with Gasteiger partial charge in [-0.15, -0.1) is 0 Å². The largest absolute Gasteiger partial charge is 0.483 e. The third-order valence-electron chi connectivity index (χ3n) is 4.33. The average Bonchev–Trinajstić information content (AvgIpc) is 2.62. The molecule has 144 valence electrons. The minimum absolute atomic E-state index is 0.116. The first kappa shape index (κ1) is 20.3. The summed E-state index contributed by atoms with van der Waals surface area (Å²) < 4.78 is 6.28. The van der Waals surface area contributed by atoms with Crippen LogP contribution in [0.2, 0.25) is 10.0 Å². The Kier molecular flexibility index (Phi) is 6.87. The van der Waals surface area contributed by atoms with Gasteiger partial charge in [-0.25, -0.2) is 0 Å². The zero-order chi connectivity index (χ0) is 19.4. The highest BCUT2D eigenvalue weighted by molar-refractivity contribution is 9.10. The minimum Gasteiger partial charge on any atom is -0.483 e. The van der Waals surface area contributed by atoms with E-state index in [4.69, 9.17) is 27.9 Å². The van der Waals surface area contributed by atoms with E-state index in [1.54, 1.807) is 24.3 Å². The lowest BCUT2D eigenvalue weighted by molar-refractivity contribution is -0.118. The lowest BCUT2D eigenvalue weighted by Crippen LogP contribution is -2.44. The van der Waals surface area contributed by atoms with Crippen LogP contribution in [0.4, 0.5) is 11.4 Å². The number of anilines is 2. The van der Waals surface area contributed by atoms with Gasteiger partial charge in [0, 0.05) is 36.2 Å². The van der Waals surface area contributed by atoms with Crippen molar-refractivity contribution in [2.24, 2.45) is 0 Å². The number of piperazine rings is 1. The minimum atomic E-state index is -0.255. The van der Waals surface area contributed by atoms with Crippen molar-refractivity contribution in [2.45, 2.75) is 0 Å². The molecule has 27 heavy (non-hydrogen) atoms. The van der Waals surface area contributed by atoms with Crippen LogP contribution < -0.4 is 15.0 Å². The maximum absolute atomic E-state index is 12.4. The number of carbonyl (C=O) groups is 1. The van der Waals surface area contributed by atoms with E-state index in [2.05, 4.69) is 38.1 Å². The van der Waals surface area contributed by atoms with E-state index >= 15 is 0 Å². The van der Waals surface area contributed by atoms with Crippen molar-refractivity contribution in [3.8, 4) is 5.75 Å². The zero-order valence-electron chi connectivity index (χ0n) is 14.8. The summed E-state index contributed by atoms with van der Waals surface area (Å²) in [5.41, 5.74) is 1.66. The molecule has 0 spiro atoms. The van der Waals surface area contributed by atoms with Crippen LogP contribution in [0.5, 0.6) is 5.75 Å². The van der Waals surface area contributed by atoms with Crippen LogP contribution >= 0.6 is 39.1 Å². The fourth-order valence-corrected chi connectivity index (χ4v) is 3.82. The lowest BCUT2D eigenvalue weighted by Gasteiger charge is -2.35. The third-order valence-corrected chi connectivity index (χ3v) is 5.42. The number of rotatable bonds is 5. The van der Waals surface area contributed by atoms with Crippen LogP contribution in [0.25, 0.3) is 0 Å². The molecule has 1 aliphatic rings. The number of amides is 1. The number of hydrogen-bond acceptors (Lipinski definition) is 4. The summed E-state index contributed by atoms with van der Waals surface area (Å²) in [7, 11) is 2.11. The topological polar surface area (TPSA) is 44.8 Å². The molecule has 2 aromatic rings. The molecule has 0 aliphatic carbocycles. The Morgan fingerprint density at radius 3 is 2.48 bits per heavy atom. The predicted molar refractivity (Wildman–Crippen MR) is 114 cm³/mol. The Labute approximate surface area is 177 Å². The fourth-order valence-electron chi connectivity index (χ4n) is 2.85. The summed E-state index contributed by atoms with van der Waals surface area (Å²) in [6.07, 6.45) is 0. The molecule has 1 amide bonds. The van der Waals surface area contributed by atoms with E-state index in [1.807, 2.05) is 12.1 Å². The second kappa shape index (κ2) is 9.15. The van der Waals surface area contributed by atoms with E-state index in [-0.39, 0.29) is 12.5 Å². The first-order valence-electron chi connectivity index (χ1n) is 8.53. The second-order valence-corrected chi connectivity index (χ2v) is 8.09. The summed E-state index contributed by atoms with van der Waals surface area (Å²) >= 11 is 15.4. The van der Waals surface area contributed by atoms with Gasteiger partial charge in [-0.2, -0.15) is 0 Å². The van der Waals surface area contributed by atoms with Crippen LogP contribution in [0.15, 0.2) is 40.9 Å². The van der Waals surface area contributed by atoms with Crippen LogP contribution in [0.3, 0.4) is 0 Å². The van der Waals surface area contributed by atoms with Gasteiger partial charge in [-0.3, -0.25) is 4.79 Å². The SMILES string of the molecule is CN1CCN(c2ccc(Cl)cc2NC(=O)COc2ccc(Cl)cc2Br)CC1. The van der Waals surface area contributed by atoms with Gasteiger partial charge in [0.05, 0.1) is 15.8 Å². The molecule has 8 heteroatoms. The quantitative estimate of drug-likeness (QED) is 0.694. The van der Waals surface area contributed by atoms with Crippen LogP contribution in [0, 0.1) is 0 Å². The summed E-state index contributed by atoms with van der Waals surface area (Å²) in [4.78, 5) is 16.9. The van der Waals surface area contributed by atoms with E-state index in [0.717, 1.165) is 31.9 Å². The molecule has 1 saturated heterocycles. The molecule has 1 fully saturated rings. The van der Waals surface area contributed by atoms with Crippen LogP contribution in [-0.2, 0) is 4.79 Å². The molecule has 3 rings (SSSR count). The molecule has 0 atom stereocenters. The maximum Gasteiger partial charge on any atom is 0.262 e. The summed E-state index contributed by atoms with van der Waals surface area (Å²) in [6.45, 7) is 3.63. The van der Waals surface area contributed by atoms with E-state index < -0.39 is 0 Å². The van der Waals surface area contributed by atoms with Crippen molar-refractivity contribution in [2.75, 3.05) is 50.1 Å². The van der Waals surface area contributed by atoms with Crippen LogP contribution in [0.1, 0.15) is 0 Å². The van der Waals surface area contributed by atoms with Crippen molar-refractivity contribution >= 4 is 56.4 Å². The van der Waals surface area contributed by atoms with Crippen LogP contribution in [-0.4, -0.2) is 50.6 Å². The predicted octanol–water partition coefficient (Wildman–Crippen LogP) is 4.53. The second-order valence-electron chi connectivity index (χ2n) is 6.36. The first-order chi connectivity index (χ1) is 12.9. The van der Waals surface area contributed by atoms with Crippen molar-refractivity contribution in [3.05, 3.63) is 50.9 Å². The molecule has 1 aliphatic heterocycles. The fraction of sp³-hybridized carbons (Fsp3) is 0.316. The van der Waals surface area contributed by atoms with Gasteiger partial charge in [0.2, 0.25) is 0 Å². The van der Waals surface area contributed by atoms with Crippen molar-refractivity contribution < 1.29 is 9.53 Å². The number of carbonyl (C=O) groups excluding carboxylic acids is 1. The molecule has 5 nitrogen and oxygen atoms in total. The molecule has 0 saturated carbocycles. The number of nitrogens with zero attached hydrogens (tertiary/aromatic N) is 2. The van der Waals surface area contributed by atoms with Gasteiger partial charge in [0.25, 0.3) is 5.91 Å². The van der Waals surface area contributed by atoms with Gasteiger partial charge < -0.3 is 19.9 Å². The highest BCUT2D eigenvalue weighted by atomic mass is 79.9. The van der Waals surface area contributed by atoms with E-state index in [0.29, 0.717) is 26.0 Å². The van der Waals surface area contributed by atoms with Gasteiger partial charge in [0.15, 0.2) is 6.61 Å². The molecular weight excluding hydrogens is 453 g/mol. The molecule has 1 heterocycles. The zero-order valence-corrected chi connectivity index (χ0v) is 17.9.